The zero-order valence-electron chi connectivity index (χ0n) is 17.9. The number of benzene rings is 1. The molecule has 0 unspecified atom stereocenters. The van der Waals surface area contributed by atoms with Crippen molar-refractivity contribution in [1.29, 1.82) is 0 Å². The van der Waals surface area contributed by atoms with Gasteiger partial charge in [0.25, 0.3) is 0 Å². The third kappa shape index (κ3) is 5.61. The van der Waals surface area contributed by atoms with Crippen LogP contribution < -0.4 is 10.5 Å². The van der Waals surface area contributed by atoms with Gasteiger partial charge in [0.05, 0.1) is 12.8 Å². The summed E-state index contributed by atoms with van der Waals surface area (Å²) in [6, 6.07) is 3.82. The Balaban J connectivity index is 1.62. The number of aromatic nitrogens is 4. The highest BCUT2D eigenvalue weighted by molar-refractivity contribution is 6.31. The lowest BCUT2D eigenvalue weighted by molar-refractivity contribution is 0.105. The molecule has 0 atom stereocenters. The van der Waals surface area contributed by atoms with Gasteiger partial charge < -0.3 is 15.2 Å². The monoisotopic (exact) mass is 431 g/mol. The molecule has 2 N–H and O–H groups in total. The molecule has 0 aliphatic heterocycles. The van der Waals surface area contributed by atoms with E-state index < -0.39 is 0 Å². The summed E-state index contributed by atoms with van der Waals surface area (Å²) in [5.74, 6) is 1.73. The molecule has 30 heavy (non-hydrogen) atoms. The van der Waals surface area contributed by atoms with E-state index >= 15 is 0 Å². The van der Waals surface area contributed by atoms with Crippen LogP contribution >= 0.6 is 11.6 Å². The summed E-state index contributed by atoms with van der Waals surface area (Å²) in [6.07, 6.45) is 6.92. The van der Waals surface area contributed by atoms with Crippen LogP contribution in [-0.2, 0) is 11.2 Å². The molecular formula is C22H30ClN5O2. The largest absolute Gasteiger partial charge is 0.493 e. The predicted octanol–water partition coefficient (Wildman–Crippen LogP) is 4.48. The van der Waals surface area contributed by atoms with Gasteiger partial charge in [-0.3, -0.25) is 0 Å². The average Bonchev–Trinajstić information content (AvgIpc) is 3.13. The molecule has 0 bridgehead atoms. The fourth-order valence-corrected chi connectivity index (χ4v) is 3.41. The minimum atomic E-state index is 0.308. The maximum absolute atomic E-state index is 6.39. The van der Waals surface area contributed by atoms with Gasteiger partial charge in [0.2, 0.25) is 5.95 Å². The number of fused-ring (bicyclic) bond motifs is 1. The van der Waals surface area contributed by atoms with Crippen LogP contribution in [0.4, 0.5) is 5.95 Å². The molecule has 162 valence electrons. The highest BCUT2D eigenvalue weighted by Crippen LogP contribution is 2.31. The summed E-state index contributed by atoms with van der Waals surface area (Å²) < 4.78 is 13.3. The molecule has 3 rings (SSSR count). The van der Waals surface area contributed by atoms with Crippen molar-refractivity contribution in [2.75, 3.05) is 25.6 Å². The highest BCUT2D eigenvalue weighted by atomic mass is 35.5. The topological polar surface area (TPSA) is 87.6 Å². The SMILES string of the molecule is Cc1c(Cl)ccc(OCCCCCOCC(C)C)c1Cc1cnn2c(N)ncnc12. The molecule has 0 aliphatic rings. The number of hydrogen-bond donors (Lipinski definition) is 1. The Labute approximate surface area is 182 Å². The third-order valence-corrected chi connectivity index (χ3v) is 5.31. The van der Waals surface area contributed by atoms with Crippen LogP contribution in [0.1, 0.15) is 49.8 Å². The Bertz CT molecular complexity index is 974. The Morgan fingerprint density at radius 3 is 2.73 bits per heavy atom. The van der Waals surface area contributed by atoms with Crippen molar-refractivity contribution in [1.82, 2.24) is 19.6 Å². The number of hydrogen-bond acceptors (Lipinski definition) is 6. The molecule has 0 saturated heterocycles. The van der Waals surface area contributed by atoms with Crippen molar-refractivity contribution in [3.63, 3.8) is 0 Å². The summed E-state index contributed by atoms with van der Waals surface area (Å²) in [5.41, 5.74) is 9.55. The maximum Gasteiger partial charge on any atom is 0.224 e. The molecule has 8 heteroatoms. The van der Waals surface area contributed by atoms with Gasteiger partial charge >= 0.3 is 0 Å². The smallest absolute Gasteiger partial charge is 0.224 e. The summed E-state index contributed by atoms with van der Waals surface area (Å²) in [6.45, 7) is 8.61. The Morgan fingerprint density at radius 2 is 1.93 bits per heavy atom. The number of nitrogen functional groups attached to an aromatic ring is 1. The van der Waals surface area contributed by atoms with Crippen LogP contribution in [-0.4, -0.2) is 39.4 Å². The normalized spacial score (nSPS) is 11.5. The quantitative estimate of drug-likeness (QED) is 0.450. The first kappa shape index (κ1) is 22.3. The number of ether oxygens (including phenoxy) is 2. The van der Waals surface area contributed by atoms with Crippen LogP contribution in [0.3, 0.4) is 0 Å². The van der Waals surface area contributed by atoms with E-state index in [4.69, 9.17) is 26.8 Å². The first-order valence-electron chi connectivity index (χ1n) is 10.4. The zero-order valence-corrected chi connectivity index (χ0v) is 18.7. The lowest BCUT2D eigenvalue weighted by atomic mass is 10.0. The Morgan fingerprint density at radius 1 is 1.13 bits per heavy atom. The van der Waals surface area contributed by atoms with E-state index in [1.165, 1.54) is 10.8 Å². The van der Waals surface area contributed by atoms with Crippen LogP contribution in [0.5, 0.6) is 5.75 Å². The van der Waals surface area contributed by atoms with Crippen LogP contribution in [0.15, 0.2) is 24.7 Å². The number of nitrogens with two attached hydrogens (primary N) is 1. The van der Waals surface area contributed by atoms with Crippen LogP contribution in [0.25, 0.3) is 5.65 Å². The molecule has 2 aromatic heterocycles. The second-order valence-electron chi connectivity index (χ2n) is 7.84. The van der Waals surface area contributed by atoms with Gasteiger partial charge in [-0.05, 0) is 49.8 Å². The summed E-state index contributed by atoms with van der Waals surface area (Å²) in [5, 5.41) is 5.01. The molecule has 7 nitrogen and oxygen atoms in total. The molecule has 0 aliphatic carbocycles. The highest BCUT2D eigenvalue weighted by Gasteiger charge is 2.15. The van der Waals surface area contributed by atoms with Gasteiger partial charge in [0.15, 0.2) is 5.65 Å². The molecular weight excluding hydrogens is 402 g/mol. The maximum atomic E-state index is 6.39. The fourth-order valence-electron chi connectivity index (χ4n) is 3.24. The van der Waals surface area contributed by atoms with E-state index in [9.17, 15) is 0 Å². The minimum Gasteiger partial charge on any atom is -0.493 e. The van der Waals surface area contributed by atoms with Gasteiger partial charge in [-0.1, -0.05) is 25.4 Å². The molecule has 0 radical (unpaired) electrons. The van der Waals surface area contributed by atoms with Crippen molar-refractivity contribution in [2.24, 2.45) is 5.92 Å². The minimum absolute atomic E-state index is 0.308. The summed E-state index contributed by atoms with van der Waals surface area (Å²) >= 11 is 6.39. The molecule has 0 fully saturated rings. The number of unbranched alkanes of at least 4 members (excludes halogenated alkanes) is 2. The first-order valence-corrected chi connectivity index (χ1v) is 10.8. The van der Waals surface area contributed by atoms with E-state index in [-0.39, 0.29) is 0 Å². The number of anilines is 1. The third-order valence-electron chi connectivity index (χ3n) is 4.90. The van der Waals surface area contributed by atoms with Crippen molar-refractivity contribution in [3.05, 3.63) is 46.4 Å². The first-order chi connectivity index (χ1) is 14.5. The lowest BCUT2D eigenvalue weighted by Gasteiger charge is -2.15. The van der Waals surface area contributed by atoms with Gasteiger partial charge in [0, 0.05) is 35.8 Å². The summed E-state index contributed by atoms with van der Waals surface area (Å²) in [7, 11) is 0. The van der Waals surface area contributed by atoms with E-state index in [1.54, 1.807) is 6.20 Å². The van der Waals surface area contributed by atoms with Gasteiger partial charge in [-0.15, -0.1) is 0 Å². The Hall–Kier alpha value is -2.38. The number of halogens is 1. The van der Waals surface area contributed by atoms with E-state index in [0.29, 0.717) is 35.6 Å². The van der Waals surface area contributed by atoms with Crippen molar-refractivity contribution in [2.45, 2.75) is 46.5 Å². The molecule has 3 aromatic rings. The molecule has 2 heterocycles. The molecule has 0 amide bonds. The van der Waals surface area contributed by atoms with Gasteiger partial charge in [-0.2, -0.15) is 9.61 Å². The molecule has 0 spiro atoms. The van der Waals surface area contributed by atoms with E-state index in [2.05, 4.69) is 28.9 Å². The van der Waals surface area contributed by atoms with Crippen LogP contribution in [0, 0.1) is 12.8 Å². The second-order valence-corrected chi connectivity index (χ2v) is 8.25. The van der Waals surface area contributed by atoms with E-state index in [0.717, 1.165) is 54.9 Å². The van der Waals surface area contributed by atoms with E-state index in [1.807, 2.05) is 19.1 Å². The van der Waals surface area contributed by atoms with Crippen LogP contribution in [0.2, 0.25) is 5.02 Å². The molecule has 0 saturated carbocycles. The lowest BCUT2D eigenvalue weighted by Crippen LogP contribution is -2.05. The van der Waals surface area contributed by atoms with Gasteiger partial charge in [0.1, 0.15) is 12.1 Å². The standard InChI is InChI=1S/C22H30ClN5O2/c1-15(2)13-29-9-5-4-6-10-30-20-8-7-19(23)16(3)18(20)11-17-12-27-28-21(17)25-14-26-22(28)24/h7-8,12,14-15H,4-6,9-11,13H2,1-3H3,(H2,24,25,26). The van der Waals surface area contributed by atoms with Crippen molar-refractivity contribution in [3.8, 4) is 5.75 Å². The van der Waals surface area contributed by atoms with Gasteiger partial charge in [-0.25, -0.2) is 9.97 Å². The van der Waals surface area contributed by atoms with Crippen molar-refractivity contribution < 1.29 is 9.47 Å². The number of rotatable bonds is 11. The predicted molar refractivity (Wildman–Crippen MR) is 119 cm³/mol. The average molecular weight is 432 g/mol. The second kappa shape index (κ2) is 10.6. The van der Waals surface area contributed by atoms with Crippen molar-refractivity contribution >= 4 is 23.2 Å². The number of nitrogens with zero attached hydrogens (tertiary/aromatic N) is 4. The Kier molecular flexibility index (Phi) is 7.87. The zero-order chi connectivity index (χ0) is 21.5. The fraction of sp³-hybridized carbons (Fsp3) is 0.500. The summed E-state index contributed by atoms with van der Waals surface area (Å²) in [4.78, 5) is 8.30. The molecule has 1 aromatic carbocycles.